The molecule has 0 saturated carbocycles. The van der Waals surface area contributed by atoms with E-state index < -0.39 is 0 Å². The number of halogens is 1. The van der Waals surface area contributed by atoms with Crippen molar-refractivity contribution < 1.29 is 9.47 Å². The number of nitrogens with zero attached hydrogens (tertiary/aromatic N) is 4. The van der Waals surface area contributed by atoms with Crippen LogP contribution in [0.4, 0.5) is 0 Å². The van der Waals surface area contributed by atoms with Crippen LogP contribution in [0.15, 0.2) is 4.99 Å². The van der Waals surface area contributed by atoms with Crippen LogP contribution < -0.4 is 10.6 Å². The summed E-state index contributed by atoms with van der Waals surface area (Å²) in [6, 6.07) is 0.303. The predicted octanol–water partition coefficient (Wildman–Crippen LogP) is 0.949. The molecular formula is C15H29IN6O2. The second-order valence-electron chi connectivity index (χ2n) is 5.49. The zero-order valence-corrected chi connectivity index (χ0v) is 17.1. The maximum absolute atomic E-state index is 5.33. The van der Waals surface area contributed by atoms with Gasteiger partial charge in [-0.1, -0.05) is 0 Å². The highest BCUT2D eigenvalue weighted by molar-refractivity contribution is 14.0. The van der Waals surface area contributed by atoms with Crippen LogP contribution in [0.1, 0.15) is 31.4 Å². The largest absolute Gasteiger partial charge is 0.382 e. The molecule has 0 bridgehead atoms. The zero-order chi connectivity index (χ0) is 16.5. The van der Waals surface area contributed by atoms with Gasteiger partial charge in [0.25, 0.3) is 0 Å². The molecule has 1 aromatic rings. The third kappa shape index (κ3) is 6.52. The Bertz CT molecular complexity index is 508. The zero-order valence-electron chi connectivity index (χ0n) is 14.7. The first kappa shape index (κ1) is 21.1. The number of rotatable bonds is 8. The van der Waals surface area contributed by atoms with Crippen molar-refractivity contribution in [3.8, 4) is 0 Å². The molecule has 0 radical (unpaired) electrons. The molecule has 1 aromatic heterocycles. The van der Waals surface area contributed by atoms with Crippen molar-refractivity contribution in [2.45, 2.75) is 45.4 Å². The van der Waals surface area contributed by atoms with Crippen LogP contribution in [0.3, 0.4) is 0 Å². The highest BCUT2D eigenvalue weighted by Gasteiger charge is 2.22. The topological polar surface area (TPSA) is 85.6 Å². The number of nitrogens with one attached hydrogen (secondary N) is 2. The van der Waals surface area contributed by atoms with Crippen molar-refractivity contribution in [1.29, 1.82) is 0 Å². The van der Waals surface area contributed by atoms with Gasteiger partial charge in [-0.25, -0.2) is 9.67 Å². The van der Waals surface area contributed by atoms with Gasteiger partial charge in [0.2, 0.25) is 0 Å². The van der Waals surface area contributed by atoms with Crippen molar-refractivity contribution >= 4 is 29.9 Å². The predicted molar refractivity (Wildman–Crippen MR) is 104 cm³/mol. The first-order valence-electron chi connectivity index (χ1n) is 8.23. The lowest BCUT2D eigenvalue weighted by atomic mass is 10.1. The van der Waals surface area contributed by atoms with E-state index in [4.69, 9.17) is 9.47 Å². The number of ether oxygens (including phenoxy) is 2. The summed E-state index contributed by atoms with van der Waals surface area (Å²) in [5.41, 5.74) is 0. The van der Waals surface area contributed by atoms with Crippen molar-refractivity contribution in [2.24, 2.45) is 4.99 Å². The smallest absolute Gasteiger partial charge is 0.191 e. The lowest BCUT2D eigenvalue weighted by Crippen LogP contribution is -2.47. The molecule has 0 aliphatic carbocycles. The maximum atomic E-state index is 5.33. The second kappa shape index (κ2) is 11.6. The number of fused-ring (bicyclic) bond motifs is 1. The van der Waals surface area contributed by atoms with Crippen LogP contribution in [-0.2, 0) is 29.0 Å². The summed E-state index contributed by atoms with van der Waals surface area (Å²) in [5, 5.41) is 11.3. The molecule has 1 aliphatic heterocycles. The van der Waals surface area contributed by atoms with E-state index in [0.717, 1.165) is 63.2 Å². The molecule has 2 rings (SSSR count). The molecule has 0 aromatic carbocycles. The molecule has 0 saturated heterocycles. The first-order chi connectivity index (χ1) is 11.3. The van der Waals surface area contributed by atoms with Gasteiger partial charge in [0.1, 0.15) is 12.4 Å². The monoisotopic (exact) mass is 452 g/mol. The Morgan fingerprint density at radius 2 is 2.29 bits per heavy atom. The molecule has 2 heterocycles. The van der Waals surface area contributed by atoms with E-state index >= 15 is 0 Å². The summed E-state index contributed by atoms with van der Waals surface area (Å²) in [5.74, 6) is 2.61. The van der Waals surface area contributed by atoms with Gasteiger partial charge >= 0.3 is 0 Å². The normalized spacial score (nSPS) is 17.1. The Morgan fingerprint density at radius 1 is 1.46 bits per heavy atom. The molecule has 9 heteroatoms. The lowest BCUT2D eigenvalue weighted by Gasteiger charge is -2.25. The number of aliphatic imine (C=N–C) groups is 1. The van der Waals surface area contributed by atoms with Crippen molar-refractivity contribution in [1.82, 2.24) is 25.4 Å². The molecule has 138 valence electrons. The molecule has 2 N–H and O–H groups in total. The average Bonchev–Trinajstić information content (AvgIpc) is 2.95. The fraction of sp³-hybridized carbons (Fsp3) is 0.800. The highest BCUT2D eigenvalue weighted by Crippen LogP contribution is 2.13. The van der Waals surface area contributed by atoms with Crippen LogP contribution >= 0.6 is 24.0 Å². The number of hydrogen-bond acceptors (Lipinski definition) is 5. The highest BCUT2D eigenvalue weighted by atomic mass is 127. The molecule has 1 unspecified atom stereocenters. The van der Waals surface area contributed by atoms with E-state index in [2.05, 4.69) is 25.7 Å². The van der Waals surface area contributed by atoms with E-state index in [1.165, 1.54) is 0 Å². The minimum atomic E-state index is 0. The number of aryl methyl sites for hydroxylation is 1. The molecule has 1 atom stereocenters. The first-order valence-corrected chi connectivity index (χ1v) is 8.23. The third-order valence-electron chi connectivity index (χ3n) is 3.70. The Kier molecular flexibility index (Phi) is 10.2. The second-order valence-corrected chi connectivity index (χ2v) is 5.49. The number of hydrogen-bond donors (Lipinski definition) is 2. The molecule has 0 amide bonds. The lowest BCUT2D eigenvalue weighted by molar-refractivity contribution is 0.145. The van der Waals surface area contributed by atoms with Crippen molar-refractivity contribution in [3.05, 3.63) is 11.6 Å². The van der Waals surface area contributed by atoms with Gasteiger partial charge < -0.3 is 20.1 Å². The number of methoxy groups -OCH3 is 1. The summed E-state index contributed by atoms with van der Waals surface area (Å²) in [6.45, 7) is 5.65. The molecule has 8 nitrogen and oxygen atoms in total. The Morgan fingerprint density at radius 3 is 3.00 bits per heavy atom. The summed E-state index contributed by atoms with van der Waals surface area (Å²) < 4.78 is 12.4. The van der Waals surface area contributed by atoms with Gasteiger partial charge in [-0.15, -0.1) is 24.0 Å². The quantitative estimate of drug-likeness (QED) is 0.265. The van der Waals surface area contributed by atoms with E-state index in [-0.39, 0.29) is 24.0 Å². The summed E-state index contributed by atoms with van der Waals surface area (Å²) in [6.07, 6.45) is 2.90. The summed E-state index contributed by atoms with van der Waals surface area (Å²) in [7, 11) is 3.45. The third-order valence-corrected chi connectivity index (χ3v) is 3.70. The van der Waals surface area contributed by atoms with Crippen LogP contribution in [0, 0.1) is 0 Å². The van der Waals surface area contributed by atoms with Crippen molar-refractivity contribution in [2.75, 3.05) is 33.9 Å². The Labute approximate surface area is 160 Å². The van der Waals surface area contributed by atoms with Gasteiger partial charge in [0.05, 0.1) is 6.54 Å². The van der Waals surface area contributed by atoms with Gasteiger partial charge in [0, 0.05) is 46.4 Å². The number of aromatic nitrogens is 3. The summed E-state index contributed by atoms with van der Waals surface area (Å²) in [4.78, 5) is 8.77. The molecule has 24 heavy (non-hydrogen) atoms. The van der Waals surface area contributed by atoms with E-state index in [1.807, 2.05) is 11.6 Å². The minimum absolute atomic E-state index is 0. The standard InChI is InChI=1S/C15H28N6O2.HI/c1-4-23-9-5-8-17-15(16-2)18-12-6-7-14-19-13(11-22-3)20-21(14)10-12;/h12H,4-11H2,1-3H3,(H2,16,17,18);1H. The Hall–Kier alpha value is -0.940. The van der Waals surface area contributed by atoms with Crippen LogP contribution in [0.5, 0.6) is 0 Å². The average molecular weight is 452 g/mol. The van der Waals surface area contributed by atoms with Crippen LogP contribution in [0.25, 0.3) is 0 Å². The molecule has 0 fully saturated rings. The molecule has 0 spiro atoms. The van der Waals surface area contributed by atoms with Crippen LogP contribution in [-0.4, -0.2) is 60.7 Å². The minimum Gasteiger partial charge on any atom is -0.382 e. The van der Waals surface area contributed by atoms with Crippen molar-refractivity contribution in [3.63, 3.8) is 0 Å². The van der Waals surface area contributed by atoms with Gasteiger partial charge in [-0.2, -0.15) is 5.10 Å². The van der Waals surface area contributed by atoms with E-state index in [1.54, 1.807) is 14.2 Å². The fourth-order valence-corrected chi connectivity index (χ4v) is 2.58. The summed E-state index contributed by atoms with van der Waals surface area (Å²) >= 11 is 0. The van der Waals surface area contributed by atoms with Gasteiger partial charge in [0.15, 0.2) is 11.8 Å². The van der Waals surface area contributed by atoms with E-state index in [9.17, 15) is 0 Å². The van der Waals surface area contributed by atoms with Gasteiger partial charge in [-0.3, -0.25) is 4.99 Å². The molecular weight excluding hydrogens is 423 g/mol. The number of guanidine groups is 1. The Balaban J connectivity index is 0.00000288. The fourth-order valence-electron chi connectivity index (χ4n) is 2.58. The van der Waals surface area contributed by atoms with E-state index in [0.29, 0.717) is 12.6 Å². The molecule has 1 aliphatic rings. The maximum Gasteiger partial charge on any atom is 0.191 e. The van der Waals surface area contributed by atoms with Crippen LogP contribution in [0.2, 0.25) is 0 Å². The SMILES string of the molecule is CCOCCCNC(=NC)NC1CCc2nc(COC)nn2C1.I. The van der Waals surface area contributed by atoms with Gasteiger partial charge in [-0.05, 0) is 19.8 Å².